The van der Waals surface area contributed by atoms with Crippen molar-refractivity contribution < 1.29 is 19.1 Å². The number of anilines is 1. The van der Waals surface area contributed by atoms with Gasteiger partial charge < -0.3 is 24.6 Å². The van der Waals surface area contributed by atoms with Crippen LogP contribution in [0.2, 0.25) is 0 Å². The predicted molar refractivity (Wildman–Crippen MR) is 130 cm³/mol. The van der Waals surface area contributed by atoms with Crippen molar-refractivity contribution in [3.63, 3.8) is 0 Å². The van der Waals surface area contributed by atoms with Crippen LogP contribution in [-0.2, 0) is 14.3 Å². The Balaban J connectivity index is 1.73. The number of amides is 1. The SMILES string of the molecule is COc1ccc([C@@H]2Sc3ccccc3N(CCN(C)C)C(=O)[C@@H]2OC(=O)C2CCCN2)cc1. The Morgan fingerprint density at radius 1 is 1.18 bits per heavy atom. The van der Waals surface area contributed by atoms with Gasteiger partial charge in [0.05, 0.1) is 18.0 Å². The number of fused-ring (bicyclic) bond motifs is 1. The maximum atomic E-state index is 13.9. The summed E-state index contributed by atoms with van der Waals surface area (Å²) < 4.78 is 11.3. The van der Waals surface area contributed by atoms with Crippen LogP contribution in [0.4, 0.5) is 5.69 Å². The summed E-state index contributed by atoms with van der Waals surface area (Å²) in [6, 6.07) is 15.2. The molecule has 2 aliphatic rings. The molecule has 0 spiro atoms. The minimum Gasteiger partial charge on any atom is -0.497 e. The van der Waals surface area contributed by atoms with Gasteiger partial charge in [0.15, 0.2) is 6.10 Å². The fourth-order valence-electron chi connectivity index (χ4n) is 4.15. The van der Waals surface area contributed by atoms with Crippen molar-refractivity contribution in [3.8, 4) is 5.75 Å². The summed E-state index contributed by atoms with van der Waals surface area (Å²) >= 11 is 1.56. The van der Waals surface area contributed by atoms with Gasteiger partial charge >= 0.3 is 5.97 Å². The second-order valence-electron chi connectivity index (χ2n) is 8.58. The highest BCUT2D eigenvalue weighted by atomic mass is 32.2. The van der Waals surface area contributed by atoms with E-state index in [0.717, 1.165) is 41.3 Å². The van der Waals surface area contributed by atoms with Crippen LogP contribution in [0.5, 0.6) is 5.75 Å². The van der Waals surface area contributed by atoms with Crippen molar-refractivity contribution in [1.29, 1.82) is 0 Å². The molecule has 0 radical (unpaired) electrons. The highest BCUT2D eigenvalue weighted by Crippen LogP contribution is 2.47. The van der Waals surface area contributed by atoms with Crippen LogP contribution in [0.1, 0.15) is 23.7 Å². The predicted octanol–water partition coefficient (Wildman–Crippen LogP) is 3.10. The third kappa shape index (κ3) is 5.34. The number of hydrogen-bond acceptors (Lipinski definition) is 7. The van der Waals surface area contributed by atoms with Gasteiger partial charge in [-0.2, -0.15) is 0 Å². The number of nitrogens with one attached hydrogen (secondary N) is 1. The number of carbonyl (C=O) groups excluding carboxylic acids is 2. The number of benzene rings is 2. The van der Waals surface area contributed by atoms with E-state index in [1.54, 1.807) is 23.8 Å². The summed E-state index contributed by atoms with van der Waals surface area (Å²) in [6.07, 6.45) is 0.716. The third-order valence-electron chi connectivity index (χ3n) is 6.00. The second kappa shape index (κ2) is 10.6. The van der Waals surface area contributed by atoms with Crippen LogP contribution < -0.4 is 15.0 Å². The quantitative estimate of drug-likeness (QED) is 0.625. The lowest BCUT2D eigenvalue weighted by atomic mass is 10.1. The van der Waals surface area contributed by atoms with Gasteiger partial charge in [-0.1, -0.05) is 24.3 Å². The summed E-state index contributed by atoms with van der Waals surface area (Å²) in [6.45, 7) is 1.99. The van der Waals surface area contributed by atoms with Gasteiger partial charge in [-0.25, -0.2) is 0 Å². The molecule has 7 nitrogen and oxygen atoms in total. The van der Waals surface area contributed by atoms with Crippen LogP contribution in [0.25, 0.3) is 0 Å². The first kappa shape index (κ1) is 23.6. The Morgan fingerprint density at radius 2 is 1.94 bits per heavy atom. The first-order valence-electron chi connectivity index (χ1n) is 11.3. The summed E-state index contributed by atoms with van der Waals surface area (Å²) in [5.41, 5.74) is 1.76. The molecule has 33 heavy (non-hydrogen) atoms. The average molecular weight is 470 g/mol. The van der Waals surface area contributed by atoms with E-state index in [-0.39, 0.29) is 23.2 Å². The molecule has 3 atom stereocenters. The first-order chi connectivity index (χ1) is 16.0. The van der Waals surface area contributed by atoms with E-state index in [1.165, 1.54) is 0 Å². The summed E-state index contributed by atoms with van der Waals surface area (Å²) in [5, 5.41) is 2.81. The number of nitrogens with zero attached hydrogens (tertiary/aromatic N) is 2. The van der Waals surface area contributed by atoms with Gasteiger partial charge in [0.2, 0.25) is 0 Å². The fourth-order valence-corrected chi connectivity index (χ4v) is 5.47. The number of methoxy groups -OCH3 is 1. The second-order valence-corrected chi connectivity index (χ2v) is 9.76. The Labute approximate surface area is 199 Å². The Kier molecular flexibility index (Phi) is 7.57. The molecule has 1 N–H and O–H groups in total. The Bertz CT molecular complexity index is 976. The van der Waals surface area contributed by atoms with Gasteiger partial charge in [-0.3, -0.25) is 9.59 Å². The normalized spacial score (nSPS) is 22.7. The van der Waals surface area contributed by atoms with Crippen molar-refractivity contribution in [2.45, 2.75) is 35.1 Å². The van der Waals surface area contributed by atoms with Gasteiger partial charge in [0.25, 0.3) is 5.91 Å². The summed E-state index contributed by atoms with van der Waals surface area (Å²) in [4.78, 5) is 31.7. The van der Waals surface area contributed by atoms with E-state index < -0.39 is 6.10 Å². The molecule has 0 aromatic heterocycles. The number of para-hydroxylation sites is 1. The average Bonchev–Trinajstić information content (AvgIpc) is 3.34. The van der Waals surface area contributed by atoms with Crippen LogP contribution in [0, 0.1) is 0 Å². The number of ether oxygens (including phenoxy) is 2. The third-order valence-corrected chi connectivity index (χ3v) is 7.37. The monoisotopic (exact) mass is 469 g/mol. The van der Waals surface area contributed by atoms with E-state index in [1.807, 2.05) is 67.5 Å². The minimum absolute atomic E-state index is 0.193. The lowest BCUT2D eigenvalue weighted by molar-refractivity contribution is -0.156. The molecule has 1 unspecified atom stereocenters. The number of esters is 1. The molecule has 1 fully saturated rings. The van der Waals surface area contributed by atoms with Crippen molar-refractivity contribution in [2.75, 3.05) is 45.7 Å². The van der Waals surface area contributed by atoms with Crippen LogP contribution in [-0.4, -0.2) is 69.8 Å². The van der Waals surface area contributed by atoms with E-state index >= 15 is 0 Å². The van der Waals surface area contributed by atoms with E-state index in [2.05, 4.69) is 5.32 Å². The first-order valence-corrected chi connectivity index (χ1v) is 12.2. The van der Waals surface area contributed by atoms with Gasteiger partial charge in [-0.05, 0) is 63.3 Å². The maximum absolute atomic E-state index is 13.9. The van der Waals surface area contributed by atoms with Crippen molar-refractivity contribution in [2.24, 2.45) is 0 Å². The van der Waals surface area contributed by atoms with E-state index in [4.69, 9.17) is 9.47 Å². The zero-order chi connectivity index (χ0) is 23.4. The van der Waals surface area contributed by atoms with Gasteiger partial charge in [0, 0.05) is 18.0 Å². The largest absolute Gasteiger partial charge is 0.497 e. The van der Waals surface area contributed by atoms with Crippen LogP contribution in [0.3, 0.4) is 0 Å². The molecule has 2 heterocycles. The Morgan fingerprint density at radius 3 is 2.61 bits per heavy atom. The minimum atomic E-state index is -0.937. The fraction of sp³-hybridized carbons (Fsp3) is 0.440. The molecule has 2 aliphatic heterocycles. The molecule has 8 heteroatoms. The molecule has 4 rings (SSSR count). The van der Waals surface area contributed by atoms with Crippen LogP contribution >= 0.6 is 11.8 Å². The van der Waals surface area contributed by atoms with Crippen molar-refractivity contribution in [1.82, 2.24) is 10.2 Å². The summed E-state index contributed by atoms with van der Waals surface area (Å²) in [5.74, 6) is 0.186. The number of likely N-dealkylation sites (N-methyl/N-ethyl adjacent to an activating group) is 1. The molecular weight excluding hydrogens is 438 g/mol. The standard InChI is InChI=1S/C25H31N3O4S/c1-27(2)15-16-28-20-8-4-5-9-21(20)33-23(17-10-12-18(31-3)13-11-17)22(24(28)29)32-25(30)19-7-6-14-26-19/h4-5,8-13,19,22-23,26H,6-7,14-16H2,1-3H3/t19?,22-,23+/m1/s1. The molecule has 0 aliphatic carbocycles. The smallest absolute Gasteiger partial charge is 0.323 e. The van der Waals surface area contributed by atoms with Gasteiger partial charge in [0.1, 0.15) is 11.8 Å². The number of thioether (sulfide) groups is 1. The molecular formula is C25H31N3O4S. The lowest BCUT2D eigenvalue weighted by Gasteiger charge is -2.29. The number of hydrogen-bond donors (Lipinski definition) is 1. The molecule has 0 saturated carbocycles. The molecule has 1 amide bonds. The van der Waals surface area contributed by atoms with Gasteiger partial charge in [-0.15, -0.1) is 11.8 Å². The molecule has 1 saturated heterocycles. The highest BCUT2D eigenvalue weighted by molar-refractivity contribution is 7.99. The maximum Gasteiger partial charge on any atom is 0.323 e. The molecule has 0 bridgehead atoms. The number of rotatable bonds is 7. The van der Waals surface area contributed by atoms with Crippen LogP contribution in [0.15, 0.2) is 53.4 Å². The zero-order valence-corrected chi connectivity index (χ0v) is 20.1. The molecule has 2 aromatic carbocycles. The van der Waals surface area contributed by atoms with E-state index in [9.17, 15) is 9.59 Å². The zero-order valence-electron chi connectivity index (χ0n) is 19.3. The number of carbonyl (C=O) groups is 2. The van der Waals surface area contributed by atoms with E-state index in [0.29, 0.717) is 13.1 Å². The van der Waals surface area contributed by atoms with Crippen molar-refractivity contribution >= 4 is 29.3 Å². The summed E-state index contributed by atoms with van der Waals surface area (Å²) in [7, 11) is 5.58. The lowest BCUT2D eigenvalue weighted by Crippen LogP contribution is -2.47. The topological polar surface area (TPSA) is 71.1 Å². The molecule has 176 valence electrons. The molecule has 2 aromatic rings. The highest BCUT2D eigenvalue weighted by Gasteiger charge is 2.42. The Hall–Kier alpha value is -2.55. The van der Waals surface area contributed by atoms with Crippen molar-refractivity contribution in [3.05, 3.63) is 54.1 Å².